The number of hydrogen-bond donors (Lipinski definition) is 1. The molecule has 0 aliphatic carbocycles. The maximum atomic E-state index is 4.59. The van der Waals surface area contributed by atoms with E-state index >= 15 is 0 Å². The summed E-state index contributed by atoms with van der Waals surface area (Å²) in [5.41, 5.74) is 4.19. The van der Waals surface area contributed by atoms with Crippen LogP contribution in [0.3, 0.4) is 0 Å². The Morgan fingerprint density at radius 2 is 2.15 bits per heavy atom. The van der Waals surface area contributed by atoms with E-state index in [-0.39, 0.29) is 10.5 Å². The smallest absolute Gasteiger partial charge is 0.178 e. The highest BCUT2D eigenvalue weighted by Crippen LogP contribution is 2.29. The number of aryl methyl sites for hydroxylation is 1. The Bertz CT molecular complexity index is 756. The molecule has 0 saturated heterocycles. The molecule has 1 unspecified atom stereocenters. The molecule has 0 fully saturated rings. The number of nitrogens with one attached hydrogen (secondary N) is 1. The van der Waals surface area contributed by atoms with Gasteiger partial charge in [0, 0.05) is 16.7 Å². The molecule has 102 valence electrons. The topological polar surface area (TPSA) is 41.6 Å². The average molecular weight is 283 g/mol. The molecule has 0 radical (unpaired) electrons. The summed E-state index contributed by atoms with van der Waals surface area (Å²) in [5.74, 6) is 5.01. The van der Waals surface area contributed by atoms with Crippen LogP contribution >= 0.6 is 10.5 Å². The number of H-pyrrole nitrogens is 1. The van der Waals surface area contributed by atoms with Crippen LogP contribution in [0.1, 0.15) is 12.5 Å². The summed E-state index contributed by atoms with van der Waals surface area (Å²) in [6.45, 7) is 2.17. The number of rotatable bonds is 3. The number of benzene rings is 1. The molecule has 2 heterocycles. The van der Waals surface area contributed by atoms with Crippen LogP contribution in [0.5, 0.6) is 0 Å². The first kappa shape index (κ1) is 13.1. The lowest BCUT2D eigenvalue weighted by Crippen LogP contribution is -1.90. The molecule has 0 bridgehead atoms. The summed E-state index contributed by atoms with van der Waals surface area (Å²) in [6.07, 6.45) is 4.88. The van der Waals surface area contributed by atoms with Gasteiger partial charge in [-0.3, -0.25) is 0 Å². The zero-order valence-electron chi connectivity index (χ0n) is 11.7. The van der Waals surface area contributed by atoms with Gasteiger partial charge in [0.05, 0.1) is 5.52 Å². The van der Waals surface area contributed by atoms with Crippen LogP contribution in [-0.4, -0.2) is 27.1 Å². The summed E-state index contributed by atoms with van der Waals surface area (Å²) >= 11 is 0. The molecule has 1 N–H and O–H groups in total. The van der Waals surface area contributed by atoms with Crippen LogP contribution in [0.25, 0.3) is 22.6 Å². The lowest BCUT2D eigenvalue weighted by molar-refractivity contribution is 1.11. The Labute approximate surface area is 121 Å². The molecule has 0 aliphatic rings. The van der Waals surface area contributed by atoms with Crippen LogP contribution in [0.4, 0.5) is 0 Å². The van der Waals surface area contributed by atoms with Gasteiger partial charge >= 0.3 is 0 Å². The van der Waals surface area contributed by atoms with E-state index in [1.807, 2.05) is 12.1 Å². The maximum absolute atomic E-state index is 4.59. The summed E-state index contributed by atoms with van der Waals surface area (Å²) in [7, 11) is 0.0368. The Hall–Kier alpha value is -1.94. The second-order valence-corrected chi connectivity index (χ2v) is 6.52. The number of aromatic nitrogens is 3. The molecule has 0 spiro atoms. The van der Waals surface area contributed by atoms with Crippen molar-refractivity contribution >= 4 is 27.5 Å². The SMILES string of the molecule is C=S(C)c1ccc(-c2nc3ncccc3[nH]2)c(CC)c1. The summed E-state index contributed by atoms with van der Waals surface area (Å²) in [6, 6.07) is 10.4. The van der Waals surface area contributed by atoms with Gasteiger partial charge in [-0.2, -0.15) is 10.5 Å². The standard InChI is InChI=1S/C16H17N3S/c1-4-11-10-12(20(2)3)7-8-13(11)15-18-14-6-5-9-17-16(14)19-15/h5-10H,2,4H2,1,3H3,(H,17,18,19). The van der Waals surface area contributed by atoms with E-state index in [2.05, 4.69) is 52.2 Å². The molecule has 3 nitrogen and oxygen atoms in total. The van der Waals surface area contributed by atoms with Crippen molar-refractivity contribution in [2.45, 2.75) is 18.2 Å². The highest BCUT2D eigenvalue weighted by Gasteiger charge is 2.10. The minimum atomic E-state index is 0.0368. The molecule has 4 heteroatoms. The third kappa shape index (κ3) is 2.27. The van der Waals surface area contributed by atoms with Gasteiger partial charge in [0.2, 0.25) is 0 Å². The van der Waals surface area contributed by atoms with Gasteiger partial charge in [-0.05, 0) is 48.6 Å². The van der Waals surface area contributed by atoms with Crippen molar-refractivity contribution in [1.29, 1.82) is 0 Å². The fraction of sp³-hybridized carbons (Fsp3) is 0.188. The first-order valence-corrected chi connectivity index (χ1v) is 8.39. The predicted octanol–water partition coefficient (Wildman–Crippen LogP) is 3.88. The zero-order chi connectivity index (χ0) is 14.1. The third-order valence-electron chi connectivity index (χ3n) is 3.37. The normalized spacial score (nSPS) is 12.7. The summed E-state index contributed by atoms with van der Waals surface area (Å²) < 4.78 is 0. The van der Waals surface area contributed by atoms with Gasteiger partial charge < -0.3 is 4.98 Å². The number of hydrogen-bond acceptors (Lipinski definition) is 2. The van der Waals surface area contributed by atoms with Crippen molar-refractivity contribution in [3.63, 3.8) is 0 Å². The van der Waals surface area contributed by atoms with Crippen LogP contribution in [0, 0.1) is 0 Å². The summed E-state index contributed by atoms with van der Waals surface area (Å²) in [4.78, 5) is 13.5. The minimum absolute atomic E-state index is 0.0368. The fourth-order valence-corrected chi connectivity index (χ4v) is 2.93. The largest absolute Gasteiger partial charge is 0.337 e. The quantitative estimate of drug-likeness (QED) is 0.741. The van der Waals surface area contributed by atoms with Gasteiger partial charge in [0.1, 0.15) is 5.82 Å². The van der Waals surface area contributed by atoms with Gasteiger partial charge in [-0.25, -0.2) is 9.97 Å². The fourth-order valence-electron chi connectivity index (χ4n) is 2.28. The van der Waals surface area contributed by atoms with E-state index in [0.29, 0.717) is 0 Å². The number of aromatic amines is 1. The monoisotopic (exact) mass is 283 g/mol. The molecule has 0 amide bonds. The van der Waals surface area contributed by atoms with E-state index in [1.165, 1.54) is 10.5 Å². The lowest BCUT2D eigenvalue weighted by Gasteiger charge is -2.09. The summed E-state index contributed by atoms with van der Waals surface area (Å²) in [5, 5.41) is 0. The van der Waals surface area contributed by atoms with Crippen LogP contribution in [0.2, 0.25) is 0 Å². The number of fused-ring (bicyclic) bond motifs is 1. The molecule has 20 heavy (non-hydrogen) atoms. The highest BCUT2D eigenvalue weighted by atomic mass is 32.2. The second kappa shape index (κ2) is 5.21. The first-order chi connectivity index (χ1) is 9.69. The lowest BCUT2D eigenvalue weighted by atomic mass is 10.1. The van der Waals surface area contributed by atoms with Crippen LogP contribution < -0.4 is 0 Å². The Morgan fingerprint density at radius 3 is 2.85 bits per heavy atom. The van der Waals surface area contributed by atoms with Crippen molar-refractivity contribution in [1.82, 2.24) is 15.0 Å². The third-order valence-corrected chi connectivity index (χ3v) is 4.43. The molecule has 2 aromatic heterocycles. The molecule has 0 aliphatic heterocycles. The number of imidazole rings is 1. The molecular formula is C16H17N3S. The number of pyridine rings is 1. The second-order valence-electron chi connectivity index (χ2n) is 4.77. The van der Waals surface area contributed by atoms with Crippen molar-refractivity contribution in [3.05, 3.63) is 42.1 Å². The molecule has 3 aromatic rings. The van der Waals surface area contributed by atoms with E-state index in [4.69, 9.17) is 0 Å². The van der Waals surface area contributed by atoms with E-state index < -0.39 is 0 Å². The Kier molecular flexibility index (Phi) is 3.40. The zero-order valence-corrected chi connectivity index (χ0v) is 12.5. The van der Waals surface area contributed by atoms with Crippen molar-refractivity contribution < 1.29 is 0 Å². The molecular weight excluding hydrogens is 266 g/mol. The van der Waals surface area contributed by atoms with Gasteiger partial charge in [-0.15, -0.1) is 0 Å². The van der Waals surface area contributed by atoms with E-state index in [9.17, 15) is 0 Å². The van der Waals surface area contributed by atoms with Crippen molar-refractivity contribution in [2.24, 2.45) is 0 Å². The minimum Gasteiger partial charge on any atom is -0.337 e. The Balaban J connectivity index is 2.15. The van der Waals surface area contributed by atoms with E-state index in [0.717, 1.165) is 29.0 Å². The molecule has 0 saturated carbocycles. The van der Waals surface area contributed by atoms with Crippen LogP contribution in [0.15, 0.2) is 41.4 Å². The van der Waals surface area contributed by atoms with Crippen LogP contribution in [-0.2, 0) is 6.42 Å². The van der Waals surface area contributed by atoms with Crippen molar-refractivity contribution in [3.8, 4) is 11.4 Å². The van der Waals surface area contributed by atoms with Gasteiger partial charge in [0.15, 0.2) is 5.65 Å². The van der Waals surface area contributed by atoms with Gasteiger partial charge in [0.25, 0.3) is 0 Å². The number of nitrogens with zero attached hydrogens (tertiary/aromatic N) is 2. The molecule has 1 aromatic carbocycles. The maximum Gasteiger partial charge on any atom is 0.178 e. The first-order valence-electron chi connectivity index (χ1n) is 6.58. The Morgan fingerprint density at radius 1 is 1.30 bits per heavy atom. The van der Waals surface area contributed by atoms with Crippen molar-refractivity contribution in [2.75, 3.05) is 6.26 Å². The van der Waals surface area contributed by atoms with E-state index in [1.54, 1.807) is 6.20 Å². The molecule has 1 atom stereocenters. The highest BCUT2D eigenvalue weighted by molar-refractivity contribution is 8.13. The molecule has 3 rings (SSSR count). The average Bonchev–Trinajstić information content (AvgIpc) is 2.90. The predicted molar refractivity (Wildman–Crippen MR) is 87.6 cm³/mol. The van der Waals surface area contributed by atoms with Gasteiger partial charge in [-0.1, -0.05) is 12.8 Å².